The Hall–Kier alpha value is -1.21. The summed E-state index contributed by atoms with van der Waals surface area (Å²) >= 11 is 8.08. The molecule has 0 fully saturated rings. The lowest BCUT2D eigenvalue weighted by molar-refractivity contribution is -0.385. The maximum absolute atomic E-state index is 13.1. The van der Waals surface area contributed by atoms with Crippen molar-refractivity contribution >= 4 is 39.2 Å². The van der Waals surface area contributed by atoms with E-state index in [9.17, 15) is 19.3 Å². The minimum absolute atomic E-state index is 0.470. The van der Waals surface area contributed by atoms with Crippen molar-refractivity contribution < 1.29 is 19.2 Å². The van der Waals surface area contributed by atoms with Gasteiger partial charge in [0.15, 0.2) is 0 Å². The Balaban J connectivity index is 3.63. The van der Waals surface area contributed by atoms with Crippen LogP contribution >= 0.6 is 27.5 Å². The molecule has 8 heteroatoms. The molecule has 1 aromatic carbocycles. The number of nitro benzene ring substituents is 1. The van der Waals surface area contributed by atoms with E-state index in [1.165, 1.54) is 0 Å². The molecule has 0 heterocycles. The van der Waals surface area contributed by atoms with E-state index in [0.29, 0.717) is 6.07 Å². The highest BCUT2D eigenvalue weighted by Crippen LogP contribution is 2.37. The van der Waals surface area contributed by atoms with Crippen molar-refractivity contribution in [2.75, 3.05) is 0 Å². The fourth-order valence-electron chi connectivity index (χ4n) is 0.906. The topological polar surface area (TPSA) is 80.4 Å². The number of carboxylic acid groups (broad SMARTS) is 1. The highest BCUT2D eigenvalue weighted by atomic mass is 79.9. The van der Waals surface area contributed by atoms with Crippen molar-refractivity contribution in [3.8, 4) is 0 Å². The monoisotopic (exact) mass is 297 g/mol. The standard InChI is InChI=1S/C7H2BrClFNO4/c8-4-3(10)1-2(7(12)13)5(9)6(4)11(14)15/h1H,(H,12,13). The largest absolute Gasteiger partial charge is 0.478 e. The first-order chi connectivity index (χ1) is 6.86. The Kier molecular flexibility index (Phi) is 3.25. The smallest absolute Gasteiger partial charge is 0.337 e. The molecule has 0 aliphatic rings. The van der Waals surface area contributed by atoms with Crippen molar-refractivity contribution in [2.45, 2.75) is 0 Å². The van der Waals surface area contributed by atoms with Gasteiger partial charge in [0.25, 0.3) is 0 Å². The molecule has 0 aliphatic carbocycles. The number of hydrogen-bond donors (Lipinski definition) is 1. The third-order valence-electron chi connectivity index (χ3n) is 1.55. The molecule has 1 aromatic rings. The number of nitrogens with zero attached hydrogens (tertiary/aromatic N) is 1. The first-order valence-electron chi connectivity index (χ1n) is 3.41. The molecule has 5 nitrogen and oxygen atoms in total. The van der Waals surface area contributed by atoms with Crippen LogP contribution in [0.25, 0.3) is 0 Å². The normalized spacial score (nSPS) is 10.1. The summed E-state index contributed by atoms with van der Waals surface area (Å²) in [6.07, 6.45) is 0. The van der Waals surface area contributed by atoms with Crippen LogP contribution in [0.1, 0.15) is 10.4 Å². The van der Waals surface area contributed by atoms with Gasteiger partial charge in [-0.3, -0.25) is 10.1 Å². The van der Waals surface area contributed by atoms with E-state index < -0.39 is 37.5 Å². The summed E-state index contributed by atoms with van der Waals surface area (Å²) in [7, 11) is 0. The number of carbonyl (C=O) groups is 1. The number of carboxylic acids is 1. The van der Waals surface area contributed by atoms with Crippen LogP contribution in [0.2, 0.25) is 5.02 Å². The van der Waals surface area contributed by atoms with Gasteiger partial charge in [-0.2, -0.15) is 0 Å². The lowest BCUT2D eigenvalue weighted by atomic mass is 10.2. The Morgan fingerprint density at radius 3 is 2.60 bits per heavy atom. The fraction of sp³-hybridized carbons (Fsp3) is 0. The van der Waals surface area contributed by atoms with Crippen LogP contribution in [-0.2, 0) is 0 Å². The zero-order chi connectivity index (χ0) is 11.7. The molecule has 0 saturated heterocycles. The van der Waals surface area contributed by atoms with Crippen molar-refractivity contribution in [3.05, 3.63) is 37.1 Å². The van der Waals surface area contributed by atoms with Gasteiger partial charge in [-0.15, -0.1) is 0 Å². The molecule has 0 saturated carbocycles. The first kappa shape index (κ1) is 11.9. The van der Waals surface area contributed by atoms with Gasteiger partial charge in [0.2, 0.25) is 0 Å². The Morgan fingerprint density at radius 1 is 1.67 bits per heavy atom. The average molecular weight is 298 g/mol. The summed E-state index contributed by atoms with van der Waals surface area (Å²) in [6, 6.07) is 0.613. The SMILES string of the molecule is O=C(O)c1cc(F)c(Br)c([N+](=O)[O-])c1Cl. The zero-order valence-electron chi connectivity index (χ0n) is 6.83. The summed E-state index contributed by atoms with van der Waals surface area (Å²) in [5, 5.41) is 18.5. The summed E-state index contributed by atoms with van der Waals surface area (Å²) in [6.45, 7) is 0. The number of aromatic carboxylic acids is 1. The predicted molar refractivity (Wildman–Crippen MR) is 52.7 cm³/mol. The molecule has 1 N–H and O–H groups in total. The summed E-state index contributed by atoms with van der Waals surface area (Å²) < 4.78 is 12.6. The fourth-order valence-corrected chi connectivity index (χ4v) is 1.78. The summed E-state index contributed by atoms with van der Waals surface area (Å²) in [4.78, 5) is 20.1. The predicted octanol–water partition coefficient (Wildman–Crippen LogP) is 2.85. The van der Waals surface area contributed by atoms with E-state index in [1.54, 1.807) is 0 Å². The van der Waals surface area contributed by atoms with Crippen LogP contribution in [0.15, 0.2) is 10.5 Å². The highest BCUT2D eigenvalue weighted by Gasteiger charge is 2.27. The zero-order valence-corrected chi connectivity index (χ0v) is 9.17. The van der Waals surface area contributed by atoms with E-state index in [2.05, 4.69) is 15.9 Å². The molecule has 0 radical (unpaired) electrons. The molecule has 80 valence electrons. The molecule has 0 bridgehead atoms. The average Bonchev–Trinajstić information content (AvgIpc) is 2.10. The molecule has 0 spiro atoms. The first-order valence-corrected chi connectivity index (χ1v) is 4.58. The van der Waals surface area contributed by atoms with Gasteiger partial charge in [-0.25, -0.2) is 9.18 Å². The van der Waals surface area contributed by atoms with E-state index in [-0.39, 0.29) is 0 Å². The van der Waals surface area contributed by atoms with Crippen LogP contribution in [0.5, 0.6) is 0 Å². The summed E-state index contributed by atoms with van der Waals surface area (Å²) in [5.41, 5.74) is -1.45. The highest BCUT2D eigenvalue weighted by molar-refractivity contribution is 9.10. The lowest BCUT2D eigenvalue weighted by Gasteiger charge is -2.03. The molecule has 0 amide bonds. The second kappa shape index (κ2) is 4.11. The quantitative estimate of drug-likeness (QED) is 0.517. The third kappa shape index (κ3) is 2.07. The van der Waals surface area contributed by atoms with Crippen LogP contribution in [0.3, 0.4) is 0 Å². The van der Waals surface area contributed by atoms with E-state index in [1.807, 2.05) is 0 Å². The number of rotatable bonds is 2. The number of hydrogen-bond acceptors (Lipinski definition) is 3. The molecular formula is C7H2BrClFNO4. The number of benzene rings is 1. The maximum Gasteiger partial charge on any atom is 0.337 e. The maximum atomic E-state index is 13.1. The minimum Gasteiger partial charge on any atom is -0.478 e. The van der Waals surface area contributed by atoms with Crippen molar-refractivity contribution in [2.24, 2.45) is 0 Å². The van der Waals surface area contributed by atoms with Gasteiger partial charge in [-0.05, 0) is 22.0 Å². The Morgan fingerprint density at radius 2 is 2.20 bits per heavy atom. The molecule has 0 aromatic heterocycles. The van der Waals surface area contributed by atoms with Gasteiger partial charge in [0, 0.05) is 0 Å². The van der Waals surface area contributed by atoms with E-state index >= 15 is 0 Å². The molecule has 0 unspecified atom stereocenters. The van der Waals surface area contributed by atoms with Gasteiger partial charge < -0.3 is 5.11 Å². The second-order valence-corrected chi connectivity index (χ2v) is 3.62. The molecular weight excluding hydrogens is 296 g/mol. The van der Waals surface area contributed by atoms with Gasteiger partial charge in [0.05, 0.1) is 10.5 Å². The van der Waals surface area contributed by atoms with Crippen molar-refractivity contribution in [3.63, 3.8) is 0 Å². The number of nitro groups is 1. The molecule has 1 rings (SSSR count). The Bertz CT molecular complexity index is 465. The van der Waals surface area contributed by atoms with Crippen molar-refractivity contribution in [1.82, 2.24) is 0 Å². The van der Waals surface area contributed by atoms with E-state index in [4.69, 9.17) is 16.7 Å². The van der Waals surface area contributed by atoms with Crippen LogP contribution in [-0.4, -0.2) is 16.0 Å². The minimum atomic E-state index is -1.53. The molecule has 15 heavy (non-hydrogen) atoms. The Labute approximate surface area is 95.7 Å². The number of halogens is 3. The van der Waals surface area contributed by atoms with Gasteiger partial charge >= 0.3 is 11.7 Å². The molecule has 0 atom stereocenters. The van der Waals surface area contributed by atoms with Crippen LogP contribution in [0.4, 0.5) is 10.1 Å². The second-order valence-electron chi connectivity index (χ2n) is 2.44. The van der Waals surface area contributed by atoms with Crippen LogP contribution in [0, 0.1) is 15.9 Å². The van der Waals surface area contributed by atoms with Gasteiger partial charge in [0.1, 0.15) is 15.3 Å². The van der Waals surface area contributed by atoms with E-state index in [0.717, 1.165) is 0 Å². The lowest BCUT2D eigenvalue weighted by Crippen LogP contribution is -2.03. The summed E-state index contributed by atoms with van der Waals surface area (Å²) in [5.74, 6) is -2.59. The van der Waals surface area contributed by atoms with Crippen LogP contribution < -0.4 is 0 Å². The van der Waals surface area contributed by atoms with Crippen molar-refractivity contribution in [1.29, 1.82) is 0 Å². The molecule has 0 aliphatic heterocycles. The third-order valence-corrected chi connectivity index (χ3v) is 2.68. The van der Waals surface area contributed by atoms with Gasteiger partial charge in [-0.1, -0.05) is 11.6 Å².